The molecule has 1 N–H and O–H groups in total. The lowest BCUT2D eigenvalue weighted by Crippen LogP contribution is -2.05. The Kier molecular flexibility index (Phi) is 2.29. The fourth-order valence-electron chi connectivity index (χ4n) is 1.91. The lowest BCUT2D eigenvalue weighted by molar-refractivity contribution is -0.110. The zero-order valence-corrected chi connectivity index (χ0v) is 10.2. The van der Waals surface area contributed by atoms with E-state index in [2.05, 4.69) is 21.2 Å². The van der Waals surface area contributed by atoms with Gasteiger partial charge in [0.05, 0.1) is 11.3 Å². The molecule has 17 heavy (non-hydrogen) atoms. The van der Waals surface area contributed by atoms with Gasteiger partial charge in [-0.3, -0.25) is 4.79 Å². The van der Waals surface area contributed by atoms with E-state index < -0.39 is 0 Å². The van der Waals surface area contributed by atoms with E-state index in [9.17, 15) is 9.18 Å². The average molecular weight is 296 g/mol. The van der Waals surface area contributed by atoms with Crippen LogP contribution in [0.5, 0.6) is 0 Å². The number of halogens is 2. The second-order valence-electron chi connectivity index (χ2n) is 3.76. The van der Waals surface area contributed by atoms with Crippen molar-refractivity contribution in [3.05, 3.63) is 45.9 Å². The minimum atomic E-state index is -0.376. The van der Waals surface area contributed by atoms with E-state index in [1.54, 1.807) is 12.1 Å². The predicted molar refractivity (Wildman–Crippen MR) is 64.9 cm³/mol. The number of benzene rings is 1. The Bertz CT molecular complexity index is 592. The van der Waals surface area contributed by atoms with Gasteiger partial charge in [-0.15, -0.1) is 0 Å². The average Bonchev–Trinajstić information content (AvgIpc) is 2.80. The first kappa shape index (κ1) is 10.5. The highest BCUT2D eigenvalue weighted by molar-refractivity contribution is 9.11. The second-order valence-corrected chi connectivity index (χ2v) is 4.78. The highest BCUT2D eigenvalue weighted by Crippen LogP contribution is 2.37. The quantitative estimate of drug-likeness (QED) is 0.748. The molecule has 3 rings (SSSR count). The van der Waals surface area contributed by atoms with E-state index in [-0.39, 0.29) is 11.7 Å². The molecule has 0 radical (unpaired) electrons. The lowest BCUT2D eigenvalue weighted by Gasteiger charge is -2.02. The molecule has 0 saturated carbocycles. The van der Waals surface area contributed by atoms with E-state index in [0.29, 0.717) is 29.2 Å². The molecule has 0 atom stereocenters. The van der Waals surface area contributed by atoms with Crippen LogP contribution in [0.2, 0.25) is 0 Å². The number of anilines is 1. The topological polar surface area (TPSA) is 38.3 Å². The summed E-state index contributed by atoms with van der Waals surface area (Å²) < 4.78 is 19.3. The van der Waals surface area contributed by atoms with Gasteiger partial charge < -0.3 is 10.1 Å². The van der Waals surface area contributed by atoms with Crippen LogP contribution in [0.4, 0.5) is 10.1 Å². The number of hydrogen-bond acceptors (Lipinski definition) is 2. The number of amides is 1. The molecule has 0 fully saturated rings. The van der Waals surface area contributed by atoms with Gasteiger partial charge in [0, 0.05) is 10.0 Å². The van der Waals surface area contributed by atoms with E-state index >= 15 is 0 Å². The van der Waals surface area contributed by atoms with Gasteiger partial charge in [0.2, 0.25) is 0 Å². The molecule has 1 aromatic rings. The van der Waals surface area contributed by atoms with Crippen LogP contribution in [0, 0.1) is 5.82 Å². The molecule has 1 amide bonds. The van der Waals surface area contributed by atoms with Crippen LogP contribution in [-0.4, -0.2) is 12.5 Å². The summed E-state index contributed by atoms with van der Waals surface area (Å²) in [5.74, 6) is -0.127. The van der Waals surface area contributed by atoms with Crippen molar-refractivity contribution in [3.8, 4) is 0 Å². The van der Waals surface area contributed by atoms with Gasteiger partial charge in [-0.1, -0.05) is 15.9 Å². The summed E-state index contributed by atoms with van der Waals surface area (Å²) >= 11 is 3.31. The molecule has 0 saturated heterocycles. The smallest absolute Gasteiger partial charge is 0.260 e. The number of fused-ring (bicyclic) bond motifs is 1. The maximum absolute atomic E-state index is 13.0. The predicted octanol–water partition coefficient (Wildman–Crippen LogP) is 2.80. The fraction of sp³-hybridized carbons (Fsp3) is 0.0833. The number of carbonyl (C=O) groups is 1. The molecule has 0 aliphatic carbocycles. The van der Waals surface area contributed by atoms with Gasteiger partial charge in [0.25, 0.3) is 5.91 Å². The molecule has 0 spiro atoms. The normalized spacial score (nSPS) is 22.0. The maximum atomic E-state index is 13.0. The first-order chi connectivity index (χ1) is 8.15. The van der Waals surface area contributed by atoms with Crippen molar-refractivity contribution >= 4 is 33.1 Å². The van der Waals surface area contributed by atoms with Crippen molar-refractivity contribution < 1.29 is 13.9 Å². The molecule has 0 unspecified atom stereocenters. The Hall–Kier alpha value is -1.62. The van der Waals surface area contributed by atoms with E-state index in [1.807, 2.05) is 0 Å². The van der Waals surface area contributed by atoms with Crippen molar-refractivity contribution in [2.24, 2.45) is 0 Å². The van der Waals surface area contributed by atoms with Crippen LogP contribution < -0.4 is 5.32 Å². The minimum absolute atomic E-state index is 0.265. The molecule has 0 bridgehead atoms. The first-order valence-corrected chi connectivity index (χ1v) is 5.79. The Balaban J connectivity index is 2.18. The third-order valence-electron chi connectivity index (χ3n) is 2.63. The van der Waals surface area contributed by atoms with Gasteiger partial charge in [0.15, 0.2) is 0 Å². The highest BCUT2D eigenvalue weighted by atomic mass is 79.9. The van der Waals surface area contributed by atoms with Crippen molar-refractivity contribution in [2.75, 3.05) is 11.9 Å². The van der Waals surface area contributed by atoms with Gasteiger partial charge >= 0.3 is 0 Å². The number of carbonyl (C=O) groups excluding carboxylic acids is 1. The van der Waals surface area contributed by atoms with E-state index in [1.165, 1.54) is 12.1 Å². The molecular formula is C12H7BrFNO2. The number of allylic oxidation sites excluding steroid dienone is 1. The summed E-state index contributed by atoms with van der Waals surface area (Å²) in [7, 11) is 0. The number of ether oxygens (including phenoxy) is 1. The number of rotatable bonds is 0. The first-order valence-electron chi connectivity index (χ1n) is 4.99. The Morgan fingerprint density at radius 1 is 1.41 bits per heavy atom. The third kappa shape index (κ3) is 1.67. The van der Waals surface area contributed by atoms with E-state index in [0.717, 1.165) is 4.48 Å². The summed E-state index contributed by atoms with van der Waals surface area (Å²) in [5, 5.41) is 2.62. The summed E-state index contributed by atoms with van der Waals surface area (Å²) in [6.07, 6.45) is 1.76. The summed E-state index contributed by atoms with van der Waals surface area (Å²) in [5.41, 5.74) is 1.61. The molecule has 2 aliphatic rings. The highest BCUT2D eigenvalue weighted by Gasteiger charge is 2.29. The monoisotopic (exact) mass is 295 g/mol. The summed E-state index contributed by atoms with van der Waals surface area (Å²) in [6, 6.07) is 4.20. The Labute approximate surface area is 105 Å². The number of nitrogens with one attached hydrogen (secondary N) is 1. The molecule has 0 aromatic heterocycles. The van der Waals surface area contributed by atoms with Crippen LogP contribution in [0.25, 0.3) is 5.57 Å². The van der Waals surface area contributed by atoms with E-state index in [4.69, 9.17) is 4.74 Å². The largest absolute Gasteiger partial charge is 0.487 e. The molecule has 2 heterocycles. The zero-order valence-electron chi connectivity index (χ0n) is 8.59. The zero-order chi connectivity index (χ0) is 12.0. The Morgan fingerprint density at radius 3 is 2.94 bits per heavy atom. The second kappa shape index (κ2) is 3.70. The molecule has 5 heteroatoms. The third-order valence-corrected chi connectivity index (χ3v) is 3.08. The van der Waals surface area contributed by atoms with Gasteiger partial charge in [0.1, 0.15) is 18.2 Å². The molecular weight excluding hydrogens is 289 g/mol. The van der Waals surface area contributed by atoms with Crippen molar-refractivity contribution in [1.82, 2.24) is 0 Å². The van der Waals surface area contributed by atoms with Crippen LogP contribution in [0.1, 0.15) is 5.56 Å². The summed E-state index contributed by atoms with van der Waals surface area (Å²) in [4.78, 5) is 11.8. The van der Waals surface area contributed by atoms with Crippen LogP contribution >= 0.6 is 15.9 Å². The van der Waals surface area contributed by atoms with Crippen LogP contribution in [0.15, 0.2) is 34.5 Å². The van der Waals surface area contributed by atoms with Crippen molar-refractivity contribution in [2.45, 2.75) is 0 Å². The molecule has 3 nitrogen and oxygen atoms in total. The van der Waals surface area contributed by atoms with Crippen molar-refractivity contribution in [3.63, 3.8) is 0 Å². The fourth-order valence-corrected chi connectivity index (χ4v) is 2.23. The molecule has 2 aliphatic heterocycles. The Morgan fingerprint density at radius 2 is 2.24 bits per heavy atom. The van der Waals surface area contributed by atoms with Gasteiger partial charge in [-0.05, 0) is 24.3 Å². The molecule has 86 valence electrons. The van der Waals surface area contributed by atoms with Gasteiger partial charge in [-0.2, -0.15) is 0 Å². The molecule has 1 aromatic carbocycles. The maximum Gasteiger partial charge on any atom is 0.260 e. The van der Waals surface area contributed by atoms with Crippen LogP contribution in [0.3, 0.4) is 0 Å². The van der Waals surface area contributed by atoms with Crippen molar-refractivity contribution in [1.29, 1.82) is 0 Å². The van der Waals surface area contributed by atoms with Crippen LogP contribution in [-0.2, 0) is 9.53 Å². The standard InChI is InChI=1S/C12H7BrFNO2/c13-6-3-10(17-5-6)11-8-2-1-7(14)4-9(8)15-12(11)16/h1-4H,5H2,(H,15,16)/b11-10-. The number of hydrogen-bond donors (Lipinski definition) is 1. The van der Waals surface area contributed by atoms with Gasteiger partial charge in [-0.25, -0.2) is 4.39 Å². The SMILES string of the molecule is O=C1Nc2cc(F)ccc2/C1=C1\C=C(Br)CO1. The minimum Gasteiger partial charge on any atom is -0.487 e. The summed E-state index contributed by atoms with van der Waals surface area (Å²) in [6.45, 7) is 0.419. The lowest BCUT2D eigenvalue weighted by atomic mass is 10.1.